The van der Waals surface area contributed by atoms with Gasteiger partial charge in [-0.2, -0.15) is 0 Å². The molecule has 0 saturated carbocycles. The molecule has 0 radical (unpaired) electrons. The molecule has 0 aliphatic carbocycles. The molecule has 0 aromatic carbocycles. The molecule has 0 aromatic heterocycles. The van der Waals surface area contributed by atoms with Gasteiger partial charge in [-0.25, -0.2) is 0 Å². The summed E-state index contributed by atoms with van der Waals surface area (Å²) in [6.45, 7) is 0.944. The summed E-state index contributed by atoms with van der Waals surface area (Å²) in [5.41, 5.74) is 9.81. The Hall–Kier alpha value is -0.160. The van der Waals surface area contributed by atoms with Crippen molar-refractivity contribution in [2.45, 2.75) is 0 Å². The van der Waals surface area contributed by atoms with Gasteiger partial charge in [0, 0.05) is 13.1 Å². The molecule has 0 amide bonds. The predicted molar refractivity (Wildman–Crippen MR) is 32.3 cm³/mol. The third kappa shape index (κ3) is 40.4. The van der Waals surface area contributed by atoms with E-state index in [4.69, 9.17) is 21.7 Å². The second-order valence-electron chi connectivity index (χ2n) is 1.02. The lowest BCUT2D eigenvalue weighted by Crippen LogP contribution is -2.11. The van der Waals surface area contributed by atoms with Gasteiger partial charge >= 0.3 is 0 Å². The largest absolute Gasteiger partial charge is 0.394 e. The van der Waals surface area contributed by atoms with Crippen molar-refractivity contribution < 1.29 is 10.2 Å². The van der Waals surface area contributed by atoms with Crippen molar-refractivity contribution in [3.05, 3.63) is 0 Å². The molecule has 0 unspecified atom stereocenters. The molecule has 0 fully saturated rings. The van der Waals surface area contributed by atoms with Crippen LogP contribution < -0.4 is 11.5 Å². The lowest BCUT2D eigenvalue weighted by atomic mass is 10.7. The van der Waals surface area contributed by atoms with Crippen molar-refractivity contribution in [1.82, 2.24) is 0 Å². The van der Waals surface area contributed by atoms with E-state index in [0.717, 1.165) is 0 Å². The summed E-state index contributed by atoms with van der Waals surface area (Å²) in [5.74, 6) is 0. The van der Waals surface area contributed by atoms with Crippen LogP contribution >= 0.6 is 0 Å². The fraction of sp³-hybridized carbons (Fsp3) is 1.00. The molecule has 0 aliphatic heterocycles. The average molecular weight is 122 g/mol. The van der Waals surface area contributed by atoms with Crippen LogP contribution in [-0.2, 0) is 0 Å². The fourth-order valence-electron chi connectivity index (χ4n) is 0. The van der Waals surface area contributed by atoms with E-state index < -0.39 is 0 Å². The maximum Gasteiger partial charge on any atom is 0.0662 e. The van der Waals surface area contributed by atoms with Crippen molar-refractivity contribution in [1.29, 1.82) is 0 Å². The SMILES string of the molecule is NCCN.OCCO. The van der Waals surface area contributed by atoms with Crippen molar-refractivity contribution in [3.8, 4) is 0 Å². The van der Waals surface area contributed by atoms with Gasteiger partial charge in [-0.3, -0.25) is 0 Å². The van der Waals surface area contributed by atoms with E-state index in [-0.39, 0.29) is 13.2 Å². The molecule has 0 bridgehead atoms. The highest BCUT2D eigenvalue weighted by Crippen LogP contribution is 1.39. The van der Waals surface area contributed by atoms with Gasteiger partial charge in [0.1, 0.15) is 0 Å². The Balaban J connectivity index is 0. The highest BCUT2D eigenvalue weighted by atomic mass is 16.3. The minimum atomic E-state index is -0.125. The minimum absolute atomic E-state index is 0.125. The normalized spacial score (nSPS) is 7.50. The molecular weight excluding hydrogens is 108 g/mol. The number of hydrogen-bond donors (Lipinski definition) is 4. The van der Waals surface area contributed by atoms with E-state index in [1.165, 1.54) is 0 Å². The molecule has 0 rings (SSSR count). The first-order valence-electron chi connectivity index (χ1n) is 2.45. The van der Waals surface area contributed by atoms with Gasteiger partial charge in [-0.1, -0.05) is 0 Å². The molecular formula is C4H14N2O2. The van der Waals surface area contributed by atoms with Crippen molar-refractivity contribution in [3.63, 3.8) is 0 Å². The van der Waals surface area contributed by atoms with Gasteiger partial charge in [0.25, 0.3) is 0 Å². The molecule has 6 N–H and O–H groups in total. The highest BCUT2D eigenvalue weighted by Gasteiger charge is 1.58. The van der Waals surface area contributed by atoms with Gasteiger partial charge in [0.05, 0.1) is 13.2 Å². The van der Waals surface area contributed by atoms with Gasteiger partial charge in [-0.15, -0.1) is 0 Å². The molecule has 0 aromatic rings. The van der Waals surface area contributed by atoms with E-state index in [1.807, 2.05) is 0 Å². The Morgan fingerprint density at radius 3 is 1.12 bits per heavy atom. The van der Waals surface area contributed by atoms with Gasteiger partial charge in [0.15, 0.2) is 0 Å². The van der Waals surface area contributed by atoms with Crippen LogP contribution in [0.3, 0.4) is 0 Å². The van der Waals surface area contributed by atoms with Crippen LogP contribution in [0.1, 0.15) is 0 Å². The third-order valence-electron chi connectivity index (χ3n) is 0.267. The van der Waals surface area contributed by atoms with E-state index in [0.29, 0.717) is 13.1 Å². The highest BCUT2D eigenvalue weighted by molar-refractivity contribution is 4.26. The molecule has 52 valence electrons. The van der Waals surface area contributed by atoms with Gasteiger partial charge in [-0.05, 0) is 0 Å². The Morgan fingerprint density at radius 1 is 0.875 bits per heavy atom. The summed E-state index contributed by atoms with van der Waals surface area (Å²) in [7, 11) is 0. The van der Waals surface area contributed by atoms with Gasteiger partial charge < -0.3 is 21.7 Å². The van der Waals surface area contributed by atoms with Crippen molar-refractivity contribution in [2.24, 2.45) is 11.5 Å². The van der Waals surface area contributed by atoms with E-state index >= 15 is 0 Å². The molecule has 8 heavy (non-hydrogen) atoms. The topological polar surface area (TPSA) is 92.5 Å². The first kappa shape index (κ1) is 10.8. The third-order valence-corrected chi connectivity index (χ3v) is 0.267. The summed E-state index contributed by atoms with van der Waals surface area (Å²) in [5, 5.41) is 15.2. The number of aliphatic hydroxyl groups is 2. The van der Waals surface area contributed by atoms with E-state index in [1.54, 1.807) is 0 Å². The zero-order chi connectivity index (χ0) is 6.83. The van der Waals surface area contributed by atoms with Crippen LogP contribution in [0.25, 0.3) is 0 Å². The summed E-state index contributed by atoms with van der Waals surface area (Å²) in [4.78, 5) is 0. The molecule has 0 saturated heterocycles. The van der Waals surface area contributed by atoms with Crippen LogP contribution in [-0.4, -0.2) is 36.5 Å². The maximum atomic E-state index is 7.62. The Kier molecular flexibility index (Phi) is 21.3. The van der Waals surface area contributed by atoms with Crippen LogP contribution in [0.4, 0.5) is 0 Å². The second-order valence-corrected chi connectivity index (χ2v) is 1.02. The quantitative estimate of drug-likeness (QED) is 0.337. The van der Waals surface area contributed by atoms with Gasteiger partial charge in [0.2, 0.25) is 0 Å². The van der Waals surface area contributed by atoms with E-state index in [2.05, 4.69) is 0 Å². The predicted octanol–water partition coefficient (Wildman–Crippen LogP) is -2.13. The maximum absolute atomic E-state index is 7.62. The lowest BCUT2D eigenvalue weighted by molar-refractivity contribution is 0.186. The monoisotopic (exact) mass is 122 g/mol. The molecule has 0 spiro atoms. The number of rotatable bonds is 2. The fourth-order valence-corrected chi connectivity index (χ4v) is 0. The summed E-state index contributed by atoms with van der Waals surface area (Å²) in [6.07, 6.45) is 0. The molecule has 4 heteroatoms. The average Bonchev–Trinajstić information content (AvgIpc) is 1.88. The van der Waals surface area contributed by atoms with E-state index in [9.17, 15) is 0 Å². The minimum Gasteiger partial charge on any atom is -0.394 e. The molecule has 4 nitrogen and oxygen atoms in total. The van der Waals surface area contributed by atoms with Crippen molar-refractivity contribution >= 4 is 0 Å². The molecule has 0 heterocycles. The van der Waals surface area contributed by atoms with Crippen LogP contribution in [0, 0.1) is 0 Å². The second kappa shape index (κ2) is 15.8. The Morgan fingerprint density at radius 2 is 1.12 bits per heavy atom. The zero-order valence-electron chi connectivity index (χ0n) is 4.88. The first-order valence-corrected chi connectivity index (χ1v) is 2.45. The van der Waals surface area contributed by atoms with Crippen LogP contribution in [0.15, 0.2) is 0 Å². The Bertz CT molecular complexity index is 20.0. The van der Waals surface area contributed by atoms with Crippen LogP contribution in [0.2, 0.25) is 0 Å². The Labute approximate surface area is 49.1 Å². The summed E-state index contributed by atoms with van der Waals surface area (Å²) < 4.78 is 0. The number of nitrogens with two attached hydrogens (primary N) is 2. The smallest absolute Gasteiger partial charge is 0.0662 e. The lowest BCUT2D eigenvalue weighted by Gasteiger charge is -1.72. The standard InChI is InChI=1S/C2H8N2.C2H6O2/c2*3-1-2-4/h1-4H2;3-4H,1-2H2. The van der Waals surface area contributed by atoms with Crippen molar-refractivity contribution in [2.75, 3.05) is 26.3 Å². The summed E-state index contributed by atoms with van der Waals surface area (Å²) in [6, 6.07) is 0. The van der Waals surface area contributed by atoms with Crippen LogP contribution in [0.5, 0.6) is 0 Å². The number of aliphatic hydroxyl groups excluding tert-OH is 2. The summed E-state index contributed by atoms with van der Waals surface area (Å²) >= 11 is 0. The molecule has 0 atom stereocenters. The zero-order valence-corrected chi connectivity index (χ0v) is 4.88. The number of hydrogen-bond acceptors (Lipinski definition) is 4. The first-order chi connectivity index (χ1) is 3.83. The molecule has 0 aliphatic rings.